The van der Waals surface area contributed by atoms with E-state index in [4.69, 9.17) is 14.2 Å². The molecule has 0 saturated carbocycles. The summed E-state index contributed by atoms with van der Waals surface area (Å²) in [6.07, 6.45) is 0. The molecule has 0 saturated heterocycles. The van der Waals surface area contributed by atoms with E-state index in [9.17, 15) is 37.0 Å². The van der Waals surface area contributed by atoms with E-state index in [0.29, 0.717) is 0 Å². The van der Waals surface area contributed by atoms with E-state index in [2.05, 4.69) is 0 Å². The first-order valence-corrected chi connectivity index (χ1v) is 41.0. The minimum Gasteiger partial charge on any atom is -0.458 e. The van der Waals surface area contributed by atoms with Crippen molar-refractivity contribution < 1.29 is 51.2 Å². The fraction of sp³-hybridized carbons (Fsp3) is 0.444. The minimum atomic E-state index is -2.01. The van der Waals surface area contributed by atoms with Crippen molar-refractivity contribution in [3.8, 4) is 34.5 Å². The SMILES string of the molecule is [2H]c1c([2H])c(C(C)(C)C)c([2H])c2c1B1c3c([2H])c4c(c([2H])c3Oc3c([2H])c(N(c5c([2H])c(C(C)(C)C)c([2H])c(C(C)(C)C)c5[2H])c5c([2H])c(C(C)(C)C)c([2H])c(C(C)(C)C)c5[2H])c([2H])c(c31)O2)B1c2c([2H])c([2H])c(C(C)(C)C)c([2H])c2N(c2c([2H])c(C(C)(C)C)c([2H])c(C(C)(C)C)c2[2H])c2c([2H])c(N(c3c([2H])c(C(C)(C)C)c([2H])c(C(C)(C)C)c3[2H])c3c([2H])c(C(C)(C)C)c([2H])c(C(C)(C)C)c3[2H])c([2H])c(c21)O4. The van der Waals surface area contributed by atoms with E-state index in [1.54, 1.807) is 249 Å². The van der Waals surface area contributed by atoms with E-state index in [0.717, 1.165) is 9.80 Å². The zero-order valence-corrected chi connectivity index (χ0v) is 75.7. The molecule has 14 rings (SSSR count). The average Bonchev–Trinajstić information content (AvgIpc) is 0.664. The highest BCUT2D eigenvalue weighted by atomic mass is 16.5. The topological polar surface area (TPSA) is 37.4 Å². The number of rotatable bonds is 7. The second-order valence-electron chi connectivity index (χ2n) is 44.6. The molecule has 0 atom stereocenters. The average molecular weight is 1570 g/mol. The molecule has 116 heavy (non-hydrogen) atoms. The lowest BCUT2D eigenvalue weighted by atomic mass is 9.32. The van der Waals surface area contributed by atoms with Crippen LogP contribution in [0.5, 0.6) is 34.5 Å². The number of benzene rings is 10. The highest BCUT2D eigenvalue weighted by Gasteiger charge is 2.48. The smallest absolute Gasteiger partial charge is 0.260 e. The Morgan fingerprint density at radius 2 is 0.457 bits per heavy atom. The van der Waals surface area contributed by atoms with Crippen LogP contribution in [0.3, 0.4) is 0 Å². The Hall–Kier alpha value is -8.87. The number of hydrogen-bond donors (Lipinski definition) is 0. The van der Waals surface area contributed by atoms with Crippen molar-refractivity contribution in [3.05, 3.63) is 230 Å². The van der Waals surface area contributed by atoms with Gasteiger partial charge in [0, 0.05) is 63.4 Å². The van der Waals surface area contributed by atoms with Crippen molar-refractivity contribution in [2.45, 2.75) is 314 Å². The predicted octanol–water partition coefficient (Wildman–Crippen LogP) is 27.3. The van der Waals surface area contributed by atoms with Crippen molar-refractivity contribution in [1.29, 1.82) is 0 Å². The molecule has 606 valence electrons. The van der Waals surface area contributed by atoms with Crippen molar-refractivity contribution in [2.75, 3.05) is 14.7 Å². The first-order chi connectivity index (χ1) is 64.5. The van der Waals surface area contributed by atoms with Crippen molar-refractivity contribution >= 4 is 97.4 Å². The Morgan fingerprint density at radius 1 is 0.216 bits per heavy atom. The maximum absolute atomic E-state index is 12.0. The summed E-state index contributed by atoms with van der Waals surface area (Å²) in [5, 5.41) is 0. The van der Waals surface area contributed by atoms with Gasteiger partial charge in [-0.25, -0.2) is 0 Å². The maximum atomic E-state index is 12.0. The highest BCUT2D eigenvalue weighted by molar-refractivity contribution is 7.00. The van der Waals surface area contributed by atoms with Crippen molar-refractivity contribution in [2.24, 2.45) is 0 Å². The van der Waals surface area contributed by atoms with Gasteiger partial charge in [-0.05, 0) is 250 Å². The summed E-state index contributed by atoms with van der Waals surface area (Å²) < 4.78 is 316. The summed E-state index contributed by atoms with van der Waals surface area (Å²) in [5.41, 5.74) is -20.0. The van der Waals surface area contributed by atoms with Gasteiger partial charge in [0.15, 0.2) is 0 Å². The zero-order chi connectivity index (χ0) is 109. The second-order valence-corrected chi connectivity index (χ2v) is 44.6. The van der Waals surface area contributed by atoms with Crippen LogP contribution >= 0.6 is 0 Å². The predicted molar refractivity (Wildman–Crippen MR) is 504 cm³/mol. The van der Waals surface area contributed by atoms with Crippen molar-refractivity contribution in [3.63, 3.8) is 0 Å². The van der Waals surface area contributed by atoms with Gasteiger partial charge in [0.1, 0.15) is 34.5 Å². The molecule has 10 aromatic carbocycles. The van der Waals surface area contributed by atoms with E-state index in [1.807, 2.05) is 0 Å². The van der Waals surface area contributed by atoms with Gasteiger partial charge in [-0.2, -0.15) is 0 Å². The fourth-order valence-corrected chi connectivity index (χ4v) is 14.2. The number of fused-ring (bicyclic) bond motifs is 8. The molecule has 0 bridgehead atoms. The van der Waals surface area contributed by atoms with Gasteiger partial charge in [0.05, 0.1) is 48.4 Å². The van der Waals surface area contributed by atoms with Gasteiger partial charge in [-0.15, -0.1) is 0 Å². The normalized spacial score (nSPS) is 17.8. The minimum absolute atomic E-state index is 0.0267. The second kappa shape index (κ2) is 27.3. The van der Waals surface area contributed by atoms with E-state index in [1.165, 1.54) is 4.90 Å². The van der Waals surface area contributed by atoms with Crippen LogP contribution in [0.4, 0.5) is 51.2 Å². The third kappa shape index (κ3) is 15.7. The molecule has 0 radical (unpaired) electrons. The van der Waals surface area contributed by atoms with Crippen LogP contribution in [0.2, 0.25) is 0 Å². The van der Waals surface area contributed by atoms with Crippen LogP contribution in [-0.2, 0) is 65.0 Å². The molecular weight excluding hydrogens is 1410 g/mol. The Kier molecular flexibility index (Phi) is 13.1. The van der Waals surface area contributed by atoms with Crippen LogP contribution < -0.4 is 61.7 Å². The zero-order valence-electron chi connectivity index (χ0n) is 103. The molecular formula is C108H135B2N3O3. The summed E-state index contributed by atoms with van der Waals surface area (Å²) in [6.45, 7) is 59.7. The molecule has 10 aromatic rings. The van der Waals surface area contributed by atoms with Gasteiger partial charge in [-0.1, -0.05) is 304 Å². The van der Waals surface area contributed by atoms with Gasteiger partial charge >= 0.3 is 0 Å². The van der Waals surface area contributed by atoms with Crippen LogP contribution in [0.25, 0.3) is 0 Å². The molecule has 4 aliphatic rings. The Balaban J connectivity index is 1.29. The standard InChI is InChI=1S/C108H135B2N3O3/c1-97(2,3)64-37-39-83-87(56-64)113(80-54-74(107(31,32)33)45-75(55-80)108(34,35)36)88-58-81(111(76-46-66(99(7,8)9)41-67(47-76)100(10,11)12)77-48-68(101(13,14)15)42-69(49-77)102(16,17)18)59-92-95(88)109(83)85-62-91-86(63-90(85)115-92)110-84-40-38-65(98(4,5)6)57-89(84)114-93-60-82(61-94(116-91)96(93)110)112(78-50-70(103(19,20)21)43-71(51-78)104(22,23)24)79-52-72(105(25,26)27)44-73(53-79)106(28,29)30/h37-63H,1-36H3/i37D,38D,39D,40D,41D,42D,43D,44D,45D,46D,47D,48D,49D,50D,51D,52D,53D,54D,55D,56D,57D,58D,59D,60D,61D,62D,63D. The highest BCUT2D eigenvalue weighted by Crippen LogP contribution is 2.53. The molecule has 0 unspecified atom stereocenters. The van der Waals surface area contributed by atoms with E-state index in [-0.39, 0.29) is 119 Å². The van der Waals surface area contributed by atoms with Gasteiger partial charge < -0.3 is 28.9 Å². The summed E-state index contributed by atoms with van der Waals surface area (Å²) >= 11 is 0. The monoisotopic (exact) mass is 1570 g/mol. The summed E-state index contributed by atoms with van der Waals surface area (Å²) in [5.74, 6) is -3.60. The quantitative estimate of drug-likeness (QED) is 0.148. The molecule has 0 aliphatic carbocycles. The summed E-state index contributed by atoms with van der Waals surface area (Å²) in [6, 6.07) is -14.2. The first kappa shape index (κ1) is 55.7. The molecule has 0 fully saturated rings. The van der Waals surface area contributed by atoms with E-state index >= 15 is 0 Å². The summed E-state index contributed by atoms with van der Waals surface area (Å²) in [7, 11) is 0. The number of ether oxygens (including phenoxy) is 3. The number of anilines is 9. The molecule has 0 spiro atoms. The Morgan fingerprint density at radius 3 is 0.759 bits per heavy atom. The molecule has 0 aromatic heterocycles. The van der Waals surface area contributed by atoms with Gasteiger partial charge in [-0.3, -0.25) is 0 Å². The van der Waals surface area contributed by atoms with E-state index < -0.39 is 308 Å². The fourth-order valence-electron chi connectivity index (χ4n) is 14.2. The number of hydrogen-bond acceptors (Lipinski definition) is 6. The third-order valence-electron chi connectivity index (χ3n) is 21.6. The van der Waals surface area contributed by atoms with Gasteiger partial charge in [0.2, 0.25) is 0 Å². The third-order valence-corrected chi connectivity index (χ3v) is 21.6. The molecule has 0 N–H and O–H groups in total. The maximum Gasteiger partial charge on any atom is 0.260 e. The lowest BCUT2D eigenvalue weighted by molar-refractivity contribution is 0.460. The Bertz CT molecular complexity index is 6890. The van der Waals surface area contributed by atoms with Crippen LogP contribution in [0.15, 0.2) is 163 Å². The molecule has 6 nitrogen and oxygen atoms in total. The van der Waals surface area contributed by atoms with Crippen LogP contribution in [0, 0.1) is 0 Å². The van der Waals surface area contributed by atoms with Crippen molar-refractivity contribution in [1.82, 2.24) is 0 Å². The first-order valence-electron chi connectivity index (χ1n) is 54.5. The van der Waals surface area contributed by atoms with Crippen LogP contribution in [-0.4, -0.2) is 13.4 Å². The molecule has 0 amide bonds. The lowest BCUT2D eigenvalue weighted by Crippen LogP contribution is -2.61. The van der Waals surface area contributed by atoms with Crippen LogP contribution in [0.1, 0.15) is 353 Å². The molecule has 8 heteroatoms. The molecule has 4 aliphatic heterocycles. The molecule has 4 heterocycles. The lowest BCUT2D eigenvalue weighted by Gasteiger charge is -2.43. The van der Waals surface area contributed by atoms with Gasteiger partial charge in [0.25, 0.3) is 13.4 Å². The number of nitrogens with zero attached hydrogens (tertiary/aromatic N) is 3. The summed E-state index contributed by atoms with van der Waals surface area (Å²) in [4.78, 5) is 3.53. The Labute approximate surface area is 739 Å². The largest absolute Gasteiger partial charge is 0.458 e.